The Bertz CT molecular complexity index is 1370. The second kappa shape index (κ2) is 13.5. The van der Waals surface area contributed by atoms with E-state index in [-0.39, 0.29) is 23.6 Å². The van der Waals surface area contributed by atoms with Crippen molar-refractivity contribution in [2.24, 2.45) is 5.41 Å². The van der Waals surface area contributed by atoms with Crippen molar-refractivity contribution in [1.29, 1.82) is 0 Å². The van der Waals surface area contributed by atoms with Crippen LogP contribution in [0.15, 0.2) is 23.7 Å². The summed E-state index contributed by atoms with van der Waals surface area (Å²) in [6.45, 7) is 28.8. The largest absolute Gasteiger partial charge is 0.444 e. The number of nitrogens with one attached hydrogen (secondary N) is 1. The number of hydrogen-bond donors (Lipinski definition) is 1. The number of thiazole rings is 1. The highest BCUT2D eigenvalue weighted by Gasteiger charge is 2.48. The molecule has 1 fully saturated rings. The number of carbonyl (C=O) groups is 3. The smallest absolute Gasteiger partial charge is 0.408 e. The predicted octanol–water partition coefficient (Wildman–Crippen LogP) is 7.15. The lowest BCUT2D eigenvalue weighted by Gasteiger charge is -2.39. The Hall–Kier alpha value is -2.76. The molecule has 45 heavy (non-hydrogen) atoms. The van der Waals surface area contributed by atoms with Gasteiger partial charge in [0.25, 0.3) is 0 Å². The van der Waals surface area contributed by atoms with E-state index in [9.17, 15) is 14.4 Å². The van der Waals surface area contributed by atoms with E-state index in [4.69, 9.17) is 9.16 Å². The van der Waals surface area contributed by atoms with Gasteiger partial charge in [0.2, 0.25) is 12.3 Å². The van der Waals surface area contributed by atoms with Crippen LogP contribution in [0.2, 0.25) is 18.1 Å². The average Bonchev–Trinajstić information content (AvgIpc) is 3.49. The normalized spacial score (nSPS) is 18.5. The zero-order chi connectivity index (χ0) is 34.1. The minimum Gasteiger partial charge on any atom is -0.444 e. The summed E-state index contributed by atoms with van der Waals surface area (Å²) in [4.78, 5) is 48.9. The van der Waals surface area contributed by atoms with E-state index in [1.165, 1.54) is 0 Å². The second-order valence-electron chi connectivity index (χ2n) is 15.7. The first-order valence-electron chi connectivity index (χ1n) is 15.6. The molecule has 3 atom stereocenters. The van der Waals surface area contributed by atoms with Gasteiger partial charge in [-0.2, -0.15) is 0 Å². The number of hydrogen-bond acceptors (Lipinski definition) is 7. The van der Waals surface area contributed by atoms with Crippen LogP contribution in [-0.4, -0.2) is 72.0 Å². The molecule has 3 rings (SSSR count). The number of aromatic nitrogens is 1. The molecule has 1 aliphatic heterocycles. The van der Waals surface area contributed by atoms with Crippen molar-refractivity contribution in [2.75, 3.05) is 6.54 Å². The van der Waals surface area contributed by atoms with Gasteiger partial charge in [-0.05, 0) is 80.9 Å². The topological polar surface area (TPSA) is 101 Å². The standard InChI is InChI=1S/C34H53N4O5SSi/c1-22-16-24(28-23(2)35-20-44-28)14-15-25(22)18-37(21-39)27-17-26(43-45(12,13)34(9,10)11)19-38(27)30(40)29(32(3,4)5)36-31(41)42-33(6,7)8/h14-16,20-21,26-27,29H,1,17-19H2,2-13H3,(H,36,41)/t26-,27+,29-/m1/s1. The SMILES string of the molecule is [CH2]c1cc(-c2scnc2C)ccc1CN(C=O)[C@@H]1C[C@@H](O[Si](C)(C)C(C)(C)C)CN1C(=O)[C@@H](NC(=O)OC(C)(C)C)C(C)(C)C. The number of benzene rings is 1. The molecule has 11 heteroatoms. The highest BCUT2D eigenvalue weighted by molar-refractivity contribution is 7.13. The third kappa shape index (κ3) is 9.16. The molecule has 2 aromatic rings. The van der Waals surface area contributed by atoms with E-state index in [0.717, 1.165) is 33.7 Å². The lowest BCUT2D eigenvalue weighted by molar-refractivity contribution is -0.143. The molecular weight excluding hydrogens is 605 g/mol. The second-order valence-corrected chi connectivity index (χ2v) is 21.3. The van der Waals surface area contributed by atoms with Gasteiger partial charge in [-0.1, -0.05) is 53.7 Å². The summed E-state index contributed by atoms with van der Waals surface area (Å²) in [7, 11) is -2.19. The molecule has 1 radical (unpaired) electrons. The Morgan fingerprint density at radius 2 is 1.82 bits per heavy atom. The summed E-state index contributed by atoms with van der Waals surface area (Å²) in [5.41, 5.74) is 4.15. The monoisotopic (exact) mass is 657 g/mol. The molecule has 9 nitrogen and oxygen atoms in total. The van der Waals surface area contributed by atoms with Crippen LogP contribution >= 0.6 is 11.3 Å². The minimum absolute atomic E-state index is 0.0303. The van der Waals surface area contributed by atoms with Crippen LogP contribution in [0.4, 0.5) is 4.79 Å². The lowest BCUT2D eigenvalue weighted by Crippen LogP contribution is -2.58. The van der Waals surface area contributed by atoms with Crippen LogP contribution in [-0.2, 0) is 25.3 Å². The number of amides is 3. The highest BCUT2D eigenvalue weighted by Crippen LogP contribution is 2.40. The Balaban J connectivity index is 1.96. The Labute approximate surface area is 275 Å². The fourth-order valence-corrected chi connectivity index (χ4v) is 7.32. The molecule has 1 aliphatic rings. The maximum Gasteiger partial charge on any atom is 0.408 e. The first-order valence-corrected chi connectivity index (χ1v) is 19.4. The van der Waals surface area contributed by atoms with E-state index in [2.05, 4.69) is 51.1 Å². The maximum atomic E-state index is 14.4. The van der Waals surface area contributed by atoms with Crippen molar-refractivity contribution >= 4 is 38.1 Å². The van der Waals surface area contributed by atoms with Crippen LogP contribution in [0.1, 0.15) is 85.6 Å². The first kappa shape index (κ1) is 36.7. The molecule has 0 bridgehead atoms. The minimum atomic E-state index is -2.19. The van der Waals surface area contributed by atoms with E-state index in [1.807, 2.05) is 51.4 Å². The molecule has 2 heterocycles. The fourth-order valence-electron chi connectivity index (χ4n) is 5.16. The third-order valence-electron chi connectivity index (χ3n) is 8.64. The highest BCUT2D eigenvalue weighted by atomic mass is 32.1. The zero-order valence-electron chi connectivity index (χ0n) is 29.2. The molecule has 0 unspecified atom stereocenters. The summed E-state index contributed by atoms with van der Waals surface area (Å²) >= 11 is 1.58. The number of rotatable bonds is 9. The molecule has 1 aromatic carbocycles. The Morgan fingerprint density at radius 1 is 1.18 bits per heavy atom. The summed E-state index contributed by atoms with van der Waals surface area (Å²) in [6, 6.07) is 5.13. The number of ether oxygens (including phenoxy) is 1. The van der Waals surface area contributed by atoms with Gasteiger partial charge in [0.05, 0.1) is 22.2 Å². The molecule has 1 aromatic heterocycles. The predicted molar refractivity (Wildman–Crippen MR) is 183 cm³/mol. The van der Waals surface area contributed by atoms with Crippen molar-refractivity contribution < 1.29 is 23.5 Å². The number of aryl methyl sites for hydroxylation is 1. The fraction of sp³-hybridized carbons (Fsp3) is 0.618. The van der Waals surface area contributed by atoms with Crippen LogP contribution in [0.3, 0.4) is 0 Å². The summed E-state index contributed by atoms with van der Waals surface area (Å²) in [5.74, 6) is -0.280. The van der Waals surface area contributed by atoms with Crippen molar-refractivity contribution in [2.45, 2.75) is 124 Å². The molecular formula is C34H53N4O5SSi. The molecule has 1 N–H and O–H groups in total. The van der Waals surface area contributed by atoms with Gasteiger partial charge < -0.3 is 24.3 Å². The van der Waals surface area contributed by atoms with E-state index >= 15 is 0 Å². The number of carbonyl (C=O) groups excluding carboxylic acids is 3. The average molecular weight is 658 g/mol. The summed E-state index contributed by atoms with van der Waals surface area (Å²) in [5, 5.41) is 2.80. The Kier molecular flexibility index (Phi) is 11.0. The van der Waals surface area contributed by atoms with E-state index in [1.54, 1.807) is 41.9 Å². The van der Waals surface area contributed by atoms with Crippen molar-refractivity contribution in [3.8, 4) is 10.4 Å². The first-order chi connectivity index (χ1) is 20.5. The van der Waals surface area contributed by atoms with Gasteiger partial charge in [-0.15, -0.1) is 11.3 Å². The molecule has 3 amide bonds. The molecule has 249 valence electrons. The summed E-state index contributed by atoms with van der Waals surface area (Å²) < 4.78 is 12.3. The van der Waals surface area contributed by atoms with Gasteiger partial charge in [0, 0.05) is 19.5 Å². The molecule has 0 aliphatic carbocycles. The van der Waals surface area contributed by atoms with Gasteiger partial charge >= 0.3 is 6.09 Å². The van der Waals surface area contributed by atoms with E-state index in [0.29, 0.717) is 13.0 Å². The molecule has 0 saturated carbocycles. The van der Waals surface area contributed by atoms with Crippen LogP contribution in [0, 0.1) is 19.3 Å². The van der Waals surface area contributed by atoms with Crippen LogP contribution in [0.25, 0.3) is 10.4 Å². The number of likely N-dealkylation sites (tertiary alicyclic amines) is 1. The lowest BCUT2D eigenvalue weighted by atomic mass is 9.86. The zero-order valence-corrected chi connectivity index (χ0v) is 31.1. The summed E-state index contributed by atoms with van der Waals surface area (Å²) in [6.07, 6.45) is -0.234. The van der Waals surface area contributed by atoms with E-state index < -0.39 is 37.6 Å². The number of alkyl carbamates (subject to hydrolysis) is 1. The molecule has 0 spiro atoms. The Morgan fingerprint density at radius 3 is 2.31 bits per heavy atom. The van der Waals surface area contributed by atoms with Gasteiger partial charge in [0.15, 0.2) is 8.32 Å². The molecule has 1 saturated heterocycles. The third-order valence-corrected chi connectivity index (χ3v) is 14.2. The van der Waals surface area contributed by atoms with Crippen molar-refractivity contribution in [3.63, 3.8) is 0 Å². The van der Waals surface area contributed by atoms with Crippen LogP contribution in [0.5, 0.6) is 0 Å². The van der Waals surface area contributed by atoms with Crippen molar-refractivity contribution in [3.05, 3.63) is 47.5 Å². The quantitative estimate of drug-likeness (QED) is 0.227. The van der Waals surface area contributed by atoms with Gasteiger partial charge in [0.1, 0.15) is 17.8 Å². The maximum absolute atomic E-state index is 14.4. The number of nitrogens with zero attached hydrogens (tertiary/aromatic N) is 3. The van der Waals surface area contributed by atoms with Gasteiger partial charge in [-0.3, -0.25) is 9.59 Å². The van der Waals surface area contributed by atoms with Crippen molar-refractivity contribution in [1.82, 2.24) is 20.1 Å². The van der Waals surface area contributed by atoms with Crippen LogP contribution < -0.4 is 5.32 Å². The van der Waals surface area contributed by atoms with Gasteiger partial charge in [-0.25, -0.2) is 9.78 Å².